The van der Waals surface area contributed by atoms with Crippen molar-refractivity contribution in [1.82, 2.24) is 4.31 Å². The lowest BCUT2D eigenvalue weighted by Gasteiger charge is -2.19. The first-order valence-electron chi connectivity index (χ1n) is 9.09. The van der Waals surface area contributed by atoms with Gasteiger partial charge >= 0.3 is 0 Å². The quantitative estimate of drug-likeness (QED) is 0.743. The summed E-state index contributed by atoms with van der Waals surface area (Å²) in [6.07, 6.45) is 0. The van der Waals surface area contributed by atoms with Gasteiger partial charge in [0.1, 0.15) is 11.5 Å². The molecule has 0 bridgehead atoms. The third-order valence-corrected chi connectivity index (χ3v) is 6.10. The second-order valence-corrected chi connectivity index (χ2v) is 9.92. The molecule has 2 rings (SSSR count). The first-order chi connectivity index (χ1) is 13.4. The summed E-state index contributed by atoms with van der Waals surface area (Å²) < 4.78 is 36.6. The molecule has 0 aliphatic heterocycles. The number of anilines is 1. The number of hydrogen-bond acceptors (Lipinski definition) is 5. The van der Waals surface area contributed by atoms with Gasteiger partial charge in [-0.15, -0.1) is 0 Å². The van der Waals surface area contributed by atoms with Crippen molar-refractivity contribution in [2.45, 2.75) is 31.1 Å². The van der Waals surface area contributed by atoms with Crippen LogP contribution in [0.4, 0.5) is 5.69 Å². The molecule has 0 aliphatic rings. The molecule has 0 saturated heterocycles. The van der Waals surface area contributed by atoms with Crippen LogP contribution < -0.4 is 14.8 Å². The fourth-order valence-electron chi connectivity index (χ4n) is 2.54. The zero-order valence-electron chi connectivity index (χ0n) is 17.6. The number of amides is 1. The third-order valence-electron chi connectivity index (χ3n) is 4.29. The minimum atomic E-state index is -3.64. The first-order valence-corrected chi connectivity index (χ1v) is 10.5. The highest BCUT2D eigenvalue weighted by Gasteiger charge is 2.20. The van der Waals surface area contributed by atoms with Crippen molar-refractivity contribution in [1.29, 1.82) is 0 Å². The van der Waals surface area contributed by atoms with Gasteiger partial charge < -0.3 is 14.8 Å². The molecule has 8 heteroatoms. The fraction of sp³-hybridized carbons (Fsp3) is 0.381. The summed E-state index contributed by atoms with van der Waals surface area (Å²) in [5.74, 6) is 0.512. The summed E-state index contributed by atoms with van der Waals surface area (Å²) in [6.45, 7) is 6.07. The highest BCUT2D eigenvalue weighted by atomic mass is 32.2. The number of hydrogen-bond donors (Lipinski definition) is 1. The number of nitrogens with zero attached hydrogens (tertiary/aromatic N) is 1. The Kier molecular flexibility index (Phi) is 6.92. The molecular weight excluding hydrogens is 392 g/mol. The molecule has 0 unspecified atom stereocenters. The number of rotatable bonds is 7. The van der Waals surface area contributed by atoms with Crippen molar-refractivity contribution < 1.29 is 22.7 Å². The second kappa shape index (κ2) is 8.84. The van der Waals surface area contributed by atoms with Crippen LogP contribution in [0.5, 0.6) is 11.5 Å². The van der Waals surface area contributed by atoms with Crippen LogP contribution in [-0.4, -0.2) is 46.4 Å². The molecule has 1 N–H and O–H groups in total. The lowest BCUT2D eigenvalue weighted by Crippen LogP contribution is -2.23. The summed E-state index contributed by atoms with van der Waals surface area (Å²) >= 11 is 0. The van der Waals surface area contributed by atoms with Crippen LogP contribution in [0.3, 0.4) is 0 Å². The van der Waals surface area contributed by atoms with Crippen LogP contribution in [0.2, 0.25) is 0 Å². The average Bonchev–Trinajstić information content (AvgIpc) is 2.65. The SMILES string of the molecule is COc1ccc(S(=O)(=O)N(C)C)cc1NC(=O)COc1cccc(C(C)(C)C)c1. The molecule has 0 radical (unpaired) electrons. The van der Waals surface area contributed by atoms with Crippen LogP contribution in [0.15, 0.2) is 47.4 Å². The Morgan fingerprint density at radius 2 is 1.79 bits per heavy atom. The normalized spacial score (nSPS) is 12.0. The monoisotopic (exact) mass is 420 g/mol. The van der Waals surface area contributed by atoms with Gasteiger partial charge in [-0.05, 0) is 41.3 Å². The molecule has 0 saturated carbocycles. The number of benzene rings is 2. The third kappa shape index (κ3) is 5.71. The van der Waals surface area contributed by atoms with Gasteiger partial charge in [-0.2, -0.15) is 0 Å². The van der Waals surface area contributed by atoms with Crippen molar-refractivity contribution in [3.63, 3.8) is 0 Å². The highest BCUT2D eigenvalue weighted by molar-refractivity contribution is 7.89. The largest absolute Gasteiger partial charge is 0.495 e. The molecule has 0 spiro atoms. The number of methoxy groups -OCH3 is 1. The Bertz CT molecular complexity index is 979. The standard InChI is InChI=1S/C21H28N2O5S/c1-21(2,3)15-8-7-9-16(12-15)28-14-20(24)22-18-13-17(10-11-19(18)27-6)29(25,26)23(4)5/h7-13H,14H2,1-6H3,(H,22,24). The molecule has 0 aromatic heterocycles. The minimum absolute atomic E-state index is 0.0344. The van der Waals surface area contributed by atoms with Crippen LogP contribution in [0.1, 0.15) is 26.3 Å². The fourth-order valence-corrected chi connectivity index (χ4v) is 3.47. The molecular formula is C21H28N2O5S. The lowest BCUT2D eigenvalue weighted by molar-refractivity contribution is -0.118. The Morgan fingerprint density at radius 1 is 1.10 bits per heavy atom. The van der Waals surface area contributed by atoms with Gasteiger partial charge in [0, 0.05) is 14.1 Å². The van der Waals surface area contributed by atoms with Crippen molar-refractivity contribution in [2.75, 3.05) is 33.1 Å². The predicted octanol–water partition coefficient (Wildman–Crippen LogP) is 3.26. The Morgan fingerprint density at radius 3 is 2.38 bits per heavy atom. The summed E-state index contributed by atoms with van der Waals surface area (Å²) in [6, 6.07) is 11.9. The Hall–Kier alpha value is -2.58. The van der Waals surface area contributed by atoms with E-state index in [1.807, 2.05) is 18.2 Å². The van der Waals surface area contributed by atoms with Gasteiger partial charge in [-0.3, -0.25) is 4.79 Å². The van der Waals surface area contributed by atoms with E-state index in [9.17, 15) is 13.2 Å². The van der Waals surface area contributed by atoms with E-state index in [0.717, 1.165) is 9.87 Å². The van der Waals surface area contributed by atoms with E-state index in [0.29, 0.717) is 11.5 Å². The molecule has 158 valence electrons. The smallest absolute Gasteiger partial charge is 0.262 e. The van der Waals surface area contributed by atoms with Crippen molar-refractivity contribution in [3.05, 3.63) is 48.0 Å². The summed E-state index contributed by atoms with van der Waals surface area (Å²) in [4.78, 5) is 12.4. The summed E-state index contributed by atoms with van der Waals surface area (Å²) in [5.41, 5.74) is 1.32. The minimum Gasteiger partial charge on any atom is -0.495 e. The van der Waals surface area contributed by atoms with E-state index in [4.69, 9.17) is 9.47 Å². The molecule has 0 heterocycles. The molecule has 0 atom stereocenters. The number of nitrogens with one attached hydrogen (secondary N) is 1. The first kappa shape index (κ1) is 22.7. The maximum Gasteiger partial charge on any atom is 0.262 e. The van der Waals surface area contributed by atoms with Crippen molar-refractivity contribution in [3.8, 4) is 11.5 Å². The highest BCUT2D eigenvalue weighted by Crippen LogP contribution is 2.29. The van der Waals surface area contributed by atoms with Gasteiger partial charge in [0.15, 0.2) is 6.61 Å². The lowest BCUT2D eigenvalue weighted by atomic mass is 9.87. The number of carbonyl (C=O) groups excluding carboxylic acids is 1. The van der Waals surface area contributed by atoms with E-state index in [1.54, 1.807) is 6.07 Å². The zero-order valence-corrected chi connectivity index (χ0v) is 18.5. The molecule has 0 aliphatic carbocycles. The number of sulfonamides is 1. The van der Waals surface area contributed by atoms with Crippen molar-refractivity contribution >= 4 is 21.6 Å². The maximum absolute atomic E-state index is 12.4. The van der Waals surface area contributed by atoms with E-state index < -0.39 is 15.9 Å². The summed E-state index contributed by atoms with van der Waals surface area (Å²) in [5, 5.41) is 2.66. The molecule has 1 amide bonds. The van der Waals surface area contributed by atoms with Gasteiger partial charge in [-0.25, -0.2) is 12.7 Å². The number of ether oxygens (including phenoxy) is 2. The molecule has 2 aromatic rings. The predicted molar refractivity (Wildman–Crippen MR) is 113 cm³/mol. The number of carbonyl (C=O) groups is 1. The van der Waals surface area contributed by atoms with Crippen LogP contribution >= 0.6 is 0 Å². The summed E-state index contributed by atoms with van der Waals surface area (Å²) in [7, 11) is 0.689. The van der Waals surface area contributed by atoms with Gasteiger partial charge in [0.2, 0.25) is 10.0 Å². The van der Waals surface area contributed by atoms with E-state index in [-0.39, 0.29) is 22.6 Å². The van der Waals surface area contributed by atoms with E-state index in [1.165, 1.54) is 39.4 Å². The van der Waals surface area contributed by atoms with Crippen LogP contribution in [0.25, 0.3) is 0 Å². The van der Waals surface area contributed by atoms with Gasteiger partial charge in [-0.1, -0.05) is 32.9 Å². The van der Waals surface area contributed by atoms with Gasteiger partial charge in [0.25, 0.3) is 5.91 Å². The van der Waals surface area contributed by atoms with Crippen LogP contribution in [-0.2, 0) is 20.2 Å². The molecule has 0 fully saturated rings. The van der Waals surface area contributed by atoms with E-state index >= 15 is 0 Å². The van der Waals surface area contributed by atoms with Crippen LogP contribution in [0, 0.1) is 0 Å². The molecule has 29 heavy (non-hydrogen) atoms. The average molecular weight is 421 g/mol. The Balaban J connectivity index is 2.14. The van der Waals surface area contributed by atoms with E-state index in [2.05, 4.69) is 26.1 Å². The second-order valence-electron chi connectivity index (χ2n) is 7.76. The topological polar surface area (TPSA) is 84.9 Å². The zero-order chi connectivity index (χ0) is 21.8. The van der Waals surface area contributed by atoms with Crippen molar-refractivity contribution in [2.24, 2.45) is 0 Å². The molecule has 2 aromatic carbocycles. The maximum atomic E-state index is 12.4. The Labute approximate surface area is 172 Å². The van der Waals surface area contributed by atoms with Gasteiger partial charge in [0.05, 0.1) is 17.7 Å². The molecule has 7 nitrogen and oxygen atoms in total.